The molecule has 0 aliphatic rings. The first kappa shape index (κ1) is 21.4. The molecule has 0 heterocycles. The molecule has 0 aliphatic heterocycles. The van der Waals surface area contributed by atoms with E-state index in [1.165, 1.54) is 6.21 Å². The molecule has 0 radical (unpaired) electrons. The maximum absolute atomic E-state index is 11.9. The van der Waals surface area contributed by atoms with E-state index in [0.29, 0.717) is 33.7 Å². The minimum Gasteiger partial charge on any atom is -0.489 e. The lowest BCUT2D eigenvalue weighted by Gasteiger charge is -2.08. The first-order chi connectivity index (χ1) is 14.5. The SMILES string of the molecule is O=C(N/N=C\c1cccc(OCc2ccccc2Cl)c1)C(=O)Nc1ccccc1Cl. The number of benzene rings is 3. The molecule has 152 valence electrons. The highest BCUT2D eigenvalue weighted by Crippen LogP contribution is 2.20. The highest BCUT2D eigenvalue weighted by Gasteiger charge is 2.14. The summed E-state index contributed by atoms with van der Waals surface area (Å²) in [6.07, 6.45) is 1.41. The first-order valence-corrected chi connectivity index (χ1v) is 9.64. The molecule has 3 aromatic rings. The fraction of sp³-hybridized carbons (Fsp3) is 0.0455. The van der Waals surface area contributed by atoms with Crippen LogP contribution in [0.25, 0.3) is 0 Å². The molecule has 0 saturated carbocycles. The second-order valence-electron chi connectivity index (χ2n) is 6.09. The predicted octanol–water partition coefficient (Wildman–Crippen LogP) is 4.66. The molecule has 2 N–H and O–H groups in total. The average molecular weight is 442 g/mol. The molecule has 0 saturated heterocycles. The van der Waals surface area contributed by atoms with E-state index < -0.39 is 11.8 Å². The molecule has 0 unspecified atom stereocenters. The maximum atomic E-state index is 11.9. The van der Waals surface area contributed by atoms with Crippen LogP contribution in [0.5, 0.6) is 5.75 Å². The van der Waals surface area contributed by atoms with Crippen LogP contribution in [0.2, 0.25) is 10.0 Å². The van der Waals surface area contributed by atoms with Gasteiger partial charge < -0.3 is 10.1 Å². The van der Waals surface area contributed by atoms with Crippen molar-refractivity contribution in [1.29, 1.82) is 0 Å². The van der Waals surface area contributed by atoms with Crippen molar-refractivity contribution in [3.63, 3.8) is 0 Å². The van der Waals surface area contributed by atoms with Crippen molar-refractivity contribution in [2.24, 2.45) is 5.10 Å². The zero-order valence-corrected chi connectivity index (χ0v) is 17.2. The Balaban J connectivity index is 1.54. The fourth-order valence-electron chi connectivity index (χ4n) is 2.42. The van der Waals surface area contributed by atoms with E-state index in [0.717, 1.165) is 5.56 Å². The number of rotatable bonds is 6. The van der Waals surface area contributed by atoms with E-state index in [9.17, 15) is 9.59 Å². The van der Waals surface area contributed by atoms with Crippen LogP contribution in [-0.2, 0) is 16.2 Å². The molecule has 0 spiro atoms. The Morgan fingerprint density at radius 1 is 0.900 bits per heavy atom. The van der Waals surface area contributed by atoms with Gasteiger partial charge in [0.1, 0.15) is 12.4 Å². The molecule has 30 heavy (non-hydrogen) atoms. The molecule has 2 amide bonds. The molecule has 0 bridgehead atoms. The summed E-state index contributed by atoms with van der Waals surface area (Å²) in [5.74, 6) is -1.18. The summed E-state index contributed by atoms with van der Waals surface area (Å²) in [4.78, 5) is 23.8. The Morgan fingerprint density at radius 2 is 1.63 bits per heavy atom. The van der Waals surface area contributed by atoms with Crippen molar-refractivity contribution in [2.45, 2.75) is 6.61 Å². The molecular formula is C22H17Cl2N3O3. The number of hydrazone groups is 1. The van der Waals surface area contributed by atoms with Gasteiger partial charge in [0.2, 0.25) is 0 Å². The fourth-order valence-corrected chi connectivity index (χ4v) is 2.79. The van der Waals surface area contributed by atoms with Crippen LogP contribution in [0.3, 0.4) is 0 Å². The molecule has 0 aromatic heterocycles. The van der Waals surface area contributed by atoms with Crippen LogP contribution in [0.1, 0.15) is 11.1 Å². The minimum absolute atomic E-state index is 0.319. The predicted molar refractivity (Wildman–Crippen MR) is 118 cm³/mol. The molecule has 3 aromatic carbocycles. The van der Waals surface area contributed by atoms with E-state index in [1.807, 2.05) is 18.2 Å². The third-order valence-electron chi connectivity index (χ3n) is 3.92. The number of ether oxygens (including phenoxy) is 1. The van der Waals surface area contributed by atoms with Gasteiger partial charge in [0, 0.05) is 10.6 Å². The number of hydrogen-bond acceptors (Lipinski definition) is 4. The van der Waals surface area contributed by atoms with E-state index in [4.69, 9.17) is 27.9 Å². The quantitative estimate of drug-likeness (QED) is 0.331. The second kappa shape index (κ2) is 10.4. The maximum Gasteiger partial charge on any atom is 0.329 e. The number of anilines is 1. The number of para-hydroxylation sites is 1. The molecular weight excluding hydrogens is 425 g/mol. The summed E-state index contributed by atoms with van der Waals surface area (Å²) in [6, 6.07) is 21.1. The molecule has 0 atom stereocenters. The number of nitrogens with one attached hydrogen (secondary N) is 2. The summed E-state index contributed by atoms with van der Waals surface area (Å²) in [7, 11) is 0. The Morgan fingerprint density at radius 3 is 2.40 bits per heavy atom. The van der Waals surface area contributed by atoms with Crippen molar-refractivity contribution in [1.82, 2.24) is 5.43 Å². The van der Waals surface area contributed by atoms with Crippen LogP contribution in [0, 0.1) is 0 Å². The summed E-state index contributed by atoms with van der Waals surface area (Å²) in [6.45, 7) is 0.319. The number of carbonyl (C=O) groups is 2. The molecule has 8 heteroatoms. The topological polar surface area (TPSA) is 79.8 Å². The standard InChI is InChI=1S/C22H17Cl2N3O3/c23-18-9-2-1-7-16(18)14-30-17-8-5-6-15(12-17)13-25-27-22(29)21(28)26-20-11-4-3-10-19(20)24/h1-13H,14H2,(H,26,28)(H,27,29)/b25-13-. The Labute approximate surface area is 183 Å². The van der Waals surface area contributed by atoms with Crippen LogP contribution in [-0.4, -0.2) is 18.0 Å². The lowest BCUT2D eigenvalue weighted by atomic mass is 10.2. The normalized spacial score (nSPS) is 10.6. The Kier molecular flexibility index (Phi) is 7.43. The van der Waals surface area contributed by atoms with Crippen molar-refractivity contribution in [2.75, 3.05) is 5.32 Å². The lowest BCUT2D eigenvalue weighted by molar-refractivity contribution is -0.136. The number of amides is 2. The van der Waals surface area contributed by atoms with Gasteiger partial charge in [0.05, 0.1) is 16.9 Å². The Bertz CT molecular complexity index is 1090. The summed E-state index contributed by atoms with van der Waals surface area (Å²) in [5, 5.41) is 7.18. The highest BCUT2D eigenvalue weighted by atomic mass is 35.5. The lowest BCUT2D eigenvalue weighted by Crippen LogP contribution is -2.32. The summed E-state index contributed by atoms with van der Waals surface area (Å²) in [5.41, 5.74) is 4.06. The highest BCUT2D eigenvalue weighted by molar-refractivity contribution is 6.41. The van der Waals surface area contributed by atoms with Crippen molar-refractivity contribution in [3.05, 3.63) is 94.0 Å². The molecule has 0 aliphatic carbocycles. The van der Waals surface area contributed by atoms with Crippen molar-refractivity contribution < 1.29 is 14.3 Å². The van der Waals surface area contributed by atoms with E-state index in [-0.39, 0.29) is 0 Å². The van der Waals surface area contributed by atoms with Crippen LogP contribution >= 0.6 is 23.2 Å². The second-order valence-corrected chi connectivity index (χ2v) is 6.90. The van der Waals surface area contributed by atoms with E-state index >= 15 is 0 Å². The minimum atomic E-state index is -0.919. The third kappa shape index (κ3) is 6.07. The molecule has 6 nitrogen and oxygen atoms in total. The van der Waals surface area contributed by atoms with E-state index in [1.54, 1.807) is 54.6 Å². The van der Waals surface area contributed by atoms with Gasteiger partial charge in [-0.2, -0.15) is 5.10 Å². The van der Waals surface area contributed by atoms with Crippen LogP contribution in [0.4, 0.5) is 5.69 Å². The first-order valence-electron chi connectivity index (χ1n) is 8.88. The van der Waals surface area contributed by atoms with Gasteiger partial charge in [-0.1, -0.05) is 65.7 Å². The largest absolute Gasteiger partial charge is 0.489 e. The van der Waals surface area contributed by atoms with Crippen LogP contribution < -0.4 is 15.5 Å². The monoisotopic (exact) mass is 441 g/mol. The van der Waals surface area contributed by atoms with Gasteiger partial charge in [0.25, 0.3) is 0 Å². The number of nitrogens with zero attached hydrogens (tertiary/aromatic N) is 1. The van der Waals surface area contributed by atoms with Crippen LogP contribution in [0.15, 0.2) is 77.9 Å². The van der Waals surface area contributed by atoms with Crippen molar-refractivity contribution >= 4 is 46.9 Å². The van der Waals surface area contributed by atoms with E-state index in [2.05, 4.69) is 15.8 Å². The summed E-state index contributed by atoms with van der Waals surface area (Å²) >= 11 is 12.1. The van der Waals surface area contributed by atoms with Gasteiger partial charge >= 0.3 is 11.8 Å². The molecule has 0 fully saturated rings. The average Bonchev–Trinajstić information content (AvgIpc) is 2.75. The summed E-state index contributed by atoms with van der Waals surface area (Å²) < 4.78 is 5.75. The van der Waals surface area contributed by atoms with Gasteiger partial charge in [-0.05, 0) is 35.9 Å². The zero-order valence-electron chi connectivity index (χ0n) is 15.6. The Hall–Kier alpha value is -3.35. The van der Waals surface area contributed by atoms with Gasteiger partial charge in [0.15, 0.2) is 0 Å². The van der Waals surface area contributed by atoms with Crippen molar-refractivity contribution in [3.8, 4) is 5.75 Å². The molecule has 3 rings (SSSR count). The van der Waals surface area contributed by atoms with Gasteiger partial charge in [-0.25, -0.2) is 5.43 Å². The number of halogens is 2. The zero-order chi connectivity index (χ0) is 21.3. The number of hydrogen-bond donors (Lipinski definition) is 2. The third-order valence-corrected chi connectivity index (χ3v) is 4.62. The number of carbonyl (C=O) groups excluding carboxylic acids is 2. The van der Waals surface area contributed by atoms with Gasteiger partial charge in [-0.3, -0.25) is 9.59 Å². The smallest absolute Gasteiger partial charge is 0.329 e. The van der Waals surface area contributed by atoms with Gasteiger partial charge in [-0.15, -0.1) is 0 Å².